The van der Waals surface area contributed by atoms with Gasteiger partial charge >= 0.3 is 5.97 Å². The molecule has 72 valence electrons. The molecule has 0 bridgehead atoms. The highest BCUT2D eigenvalue weighted by atomic mass is 127. The highest BCUT2D eigenvalue weighted by molar-refractivity contribution is 14.1. The van der Waals surface area contributed by atoms with Crippen LogP contribution in [0.15, 0.2) is 43.4 Å². The number of nitrogens with zero attached hydrogens (tertiary/aromatic N) is 2. The Morgan fingerprint density at radius 3 is 3.07 bits per heavy atom. The summed E-state index contributed by atoms with van der Waals surface area (Å²) in [6.07, 6.45) is 5.43. The molecule has 4 nitrogen and oxygen atoms in total. The monoisotopic (exact) mass is 302 g/mol. The van der Waals surface area contributed by atoms with Gasteiger partial charge in [-0.1, -0.05) is 12.2 Å². The Morgan fingerprint density at radius 2 is 2.36 bits per heavy atom. The van der Waals surface area contributed by atoms with Crippen LogP contribution < -0.4 is 0 Å². The van der Waals surface area contributed by atoms with Gasteiger partial charge in [-0.2, -0.15) is 0 Å². The van der Waals surface area contributed by atoms with Crippen LogP contribution in [0, 0.1) is 5.92 Å². The van der Waals surface area contributed by atoms with E-state index in [4.69, 9.17) is 4.74 Å². The molecule has 0 aromatic carbocycles. The van der Waals surface area contributed by atoms with E-state index < -0.39 is 0 Å². The number of methoxy groups -OCH3 is 1. The van der Waals surface area contributed by atoms with Crippen molar-refractivity contribution in [2.75, 3.05) is 7.11 Å². The third kappa shape index (κ3) is 1.41. The summed E-state index contributed by atoms with van der Waals surface area (Å²) < 4.78 is 5.47. The molecule has 0 amide bonds. The number of esters is 1. The van der Waals surface area contributed by atoms with Crippen molar-refractivity contribution in [3.8, 4) is 0 Å². The predicted octanol–water partition coefficient (Wildman–Crippen LogP) is 2.34. The van der Waals surface area contributed by atoms with Gasteiger partial charge in [0.25, 0.3) is 0 Å². The van der Waals surface area contributed by atoms with Crippen molar-refractivity contribution in [3.63, 3.8) is 0 Å². The molecule has 5 heteroatoms. The van der Waals surface area contributed by atoms with Gasteiger partial charge in [-0.25, -0.2) is 0 Å². The summed E-state index contributed by atoms with van der Waals surface area (Å²) in [5, 5.41) is 7.87. The molecular formula is C9H7IN2O2. The van der Waals surface area contributed by atoms with E-state index in [9.17, 15) is 4.79 Å². The van der Waals surface area contributed by atoms with Crippen molar-refractivity contribution in [2.45, 2.75) is 0 Å². The molecule has 1 heterocycles. The van der Waals surface area contributed by atoms with Crippen molar-refractivity contribution in [1.82, 2.24) is 0 Å². The number of carbonyl (C=O) groups is 1. The smallest absolute Gasteiger partial charge is 0.317 e. The quantitative estimate of drug-likeness (QED) is 0.424. The van der Waals surface area contributed by atoms with E-state index in [0.29, 0.717) is 0 Å². The molecule has 14 heavy (non-hydrogen) atoms. The first-order valence-electron chi connectivity index (χ1n) is 4.02. The van der Waals surface area contributed by atoms with Crippen LogP contribution in [-0.4, -0.2) is 13.1 Å². The lowest BCUT2D eigenvalue weighted by atomic mass is 9.93. The van der Waals surface area contributed by atoms with E-state index in [1.165, 1.54) is 7.11 Å². The van der Waals surface area contributed by atoms with E-state index in [1.54, 1.807) is 12.2 Å². The van der Waals surface area contributed by atoms with E-state index in [2.05, 4.69) is 32.8 Å². The number of ether oxygens (including phenoxy) is 1. The largest absolute Gasteiger partial charge is 0.468 e. The van der Waals surface area contributed by atoms with Crippen LogP contribution in [0.5, 0.6) is 0 Å². The summed E-state index contributed by atoms with van der Waals surface area (Å²) in [6, 6.07) is 0. The van der Waals surface area contributed by atoms with Gasteiger partial charge in [0.05, 0.1) is 12.8 Å². The van der Waals surface area contributed by atoms with Crippen LogP contribution in [0.2, 0.25) is 0 Å². The number of hydrogen-bond acceptors (Lipinski definition) is 4. The lowest BCUT2D eigenvalue weighted by molar-refractivity contribution is -0.142. The van der Waals surface area contributed by atoms with Gasteiger partial charge in [-0.3, -0.25) is 4.79 Å². The Bertz CT molecular complexity index is 407. The van der Waals surface area contributed by atoms with Crippen LogP contribution in [0.25, 0.3) is 0 Å². The topological polar surface area (TPSA) is 51.0 Å². The zero-order valence-corrected chi connectivity index (χ0v) is 9.56. The second kappa shape index (κ2) is 3.64. The fourth-order valence-corrected chi connectivity index (χ4v) is 2.12. The van der Waals surface area contributed by atoms with Gasteiger partial charge in [0.15, 0.2) is 0 Å². The average Bonchev–Trinajstić information content (AvgIpc) is 2.59. The standard InChI is InChI=1S/C9H7IN2O2/c1-14-9(13)5-3-2-4-6-7(5)8(10)12-11-6/h2-5H,1H3/t5-/m0/s1. The molecule has 0 aromatic heterocycles. The lowest BCUT2D eigenvalue weighted by Crippen LogP contribution is -2.18. The summed E-state index contributed by atoms with van der Waals surface area (Å²) in [4.78, 5) is 11.4. The van der Waals surface area contributed by atoms with Crippen LogP contribution in [0.1, 0.15) is 0 Å². The zero-order chi connectivity index (χ0) is 10.1. The Kier molecular flexibility index (Phi) is 2.49. The number of azo groups is 1. The van der Waals surface area contributed by atoms with Crippen molar-refractivity contribution in [3.05, 3.63) is 33.2 Å². The molecule has 0 radical (unpaired) electrons. The fraction of sp³-hybridized carbons (Fsp3) is 0.222. The van der Waals surface area contributed by atoms with Crippen molar-refractivity contribution in [2.24, 2.45) is 16.1 Å². The van der Waals surface area contributed by atoms with Crippen LogP contribution in [0.4, 0.5) is 0 Å². The summed E-state index contributed by atoms with van der Waals surface area (Å²) in [7, 11) is 1.38. The molecule has 1 aliphatic carbocycles. The maximum absolute atomic E-state index is 11.4. The Labute approximate surface area is 94.6 Å². The third-order valence-electron chi connectivity index (χ3n) is 2.07. The van der Waals surface area contributed by atoms with Crippen LogP contribution >= 0.6 is 22.6 Å². The summed E-state index contributed by atoms with van der Waals surface area (Å²) in [5.74, 6) is -0.634. The van der Waals surface area contributed by atoms with Gasteiger partial charge in [0, 0.05) is 5.57 Å². The lowest BCUT2D eigenvalue weighted by Gasteiger charge is -2.14. The zero-order valence-electron chi connectivity index (χ0n) is 7.40. The molecule has 0 fully saturated rings. The number of rotatable bonds is 1. The Balaban J connectivity index is 2.40. The first kappa shape index (κ1) is 9.57. The molecule has 0 saturated heterocycles. The minimum Gasteiger partial charge on any atom is -0.468 e. The predicted molar refractivity (Wildman–Crippen MR) is 58.6 cm³/mol. The van der Waals surface area contributed by atoms with Gasteiger partial charge in [0.2, 0.25) is 0 Å². The number of halogens is 1. The first-order valence-corrected chi connectivity index (χ1v) is 5.10. The van der Waals surface area contributed by atoms with Crippen molar-refractivity contribution < 1.29 is 9.53 Å². The summed E-state index contributed by atoms with van der Waals surface area (Å²) in [5.41, 5.74) is 1.60. The number of carbonyl (C=O) groups excluding carboxylic acids is 1. The van der Waals surface area contributed by atoms with Gasteiger partial charge in [-0.05, 0) is 28.7 Å². The van der Waals surface area contributed by atoms with Gasteiger partial charge < -0.3 is 4.74 Å². The molecule has 0 aromatic rings. The Morgan fingerprint density at radius 1 is 1.57 bits per heavy atom. The molecule has 0 unspecified atom stereocenters. The molecular weight excluding hydrogens is 295 g/mol. The normalized spacial score (nSPS) is 23.6. The second-order valence-corrected chi connectivity index (χ2v) is 3.86. The molecule has 1 aliphatic heterocycles. The van der Waals surface area contributed by atoms with E-state index in [1.807, 2.05) is 6.08 Å². The number of allylic oxidation sites excluding steroid dienone is 3. The number of fused-ring (bicyclic) bond motifs is 1. The van der Waals surface area contributed by atoms with Crippen LogP contribution in [-0.2, 0) is 9.53 Å². The third-order valence-corrected chi connectivity index (χ3v) is 2.86. The van der Waals surface area contributed by atoms with Crippen molar-refractivity contribution in [1.29, 1.82) is 0 Å². The second-order valence-electron chi connectivity index (χ2n) is 2.84. The maximum Gasteiger partial charge on any atom is 0.317 e. The molecule has 2 rings (SSSR count). The van der Waals surface area contributed by atoms with Gasteiger partial charge in [0.1, 0.15) is 9.62 Å². The average molecular weight is 302 g/mol. The van der Waals surface area contributed by atoms with Crippen LogP contribution in [0.3, 0.4) is 0 Å². The highest BCUT2D eigenvalue weighted by Gasteiger charge is 2.31. The SMILES string of the molecule is COC(=O)[C@H]1C=CC=C2N=NC(I)=C21. The molecule has 1 atom stereocenters. The number of hydrogen-bond donors (Lipinski definition) is 0. The minimum atomic E-state index is -0.359. The molecule has 0 spiro atoms. The first-order chi connectivity index (χ1) is 6.74. The maximum atomic E-state index is 11.4. The van der Waals surface area contributed by atoms with E-state index in [0.717, 1.165) is 15.0 Å². The molecule has 2 aliphatic rings. The highest BCUT2D eigenvalue weighted by Crippen LogP contribution is 2.38. The molecule has 0 saturated carbocycles. The van der Waals surface area contributed by atoms with Crippen molar-refractivity contribution >= 4 is 28.6 Å². The summed E-state index contributed by atoms with van der Waals surface area (Å²) in [6.45, 7) is 0. The van der Waals surface area contributed by atoms with E-state index in [-0.39, 0.29) is 11.9 Å². The van der Waals surface area contributed by atoms with E-state index >= 15 is 0 Å². The fourth-order valence-electron chi connectivity index (χ4n) is 1.40. The minimum absolute atomic E-state index is 0.275. The summed E-state index contributed by atoms with van der Waals surface area (Å²) >= 11 is 2.07. The Hall–Kier alpha value is -0.980. The van der Waals surface area contributed by atoms with Gasteiger partial charge in [-0.15, -0.1) is 10.2 Å². The molecule has 0 N–H and O–H groups in total.